The number of hydrazone groups is 1. The molecule has 0 aliphatic heterocycles. The average molecular weight is 378 g/mol. The number of benzene rings is 2. The molecular formula is C19H20F2N2O4. The highest BCUT2D eigenvalue weighted by atomic mass is 19.3. The van der Waals surface area contributed by atoms with Gasteiger partial charge in [0.1, 0.15) is 5.75 Å². The van der Waals surface area contributed by atoms with Crippen LogP contribution in [0.2, 0.25) is 0 Å². The van der Waals surface area contributed by atoms with Crippen molar-refractivity contribution in [1.29, 1.82) is 0 Å². The molecule has 2 rings (SSSR count). The number of ether oxygens (including phenoxy) is 3. The van der Waals surface area contributed by atoms with E-state index in [1.54, 1.807) is 30.3 Å². The molecule has 0 bridgehead atoms. The first-order valence-electron chi connectivity index (χ1n) is 8.12. The zero-order valence-corrected chi connectivity index (χ0v) is 15.2. The first-order chi connectivity index (χ1) is 13.0. The van der Waals surface area contributed by atoms with E-state index in [-0.39, 0.29) is 5.75 Å². The number of carbonyl (C=O) groups excluding carboxylic acids is 1. The van der Waals surface area contributed by atoms with Crippen LogP contribution < -0.4 is 19.6 Å². The fraction of sp³-hybridized carbons (Fsp3) is 0.263. The second-order valence-electron chi connectivity index (χ2n) is 5.33. The maximum atomic E-state index is 12.3. The van der Waals surface area contributed by atoms with E-state index >= 15 is 0 Å². The summed E-state index contributed by atoms with van der Waals surface area (Å²) in [6.45, 7) is -1.01. The van der Waals surface area contributed by atoms with Crippen LogP contribution in [0.5, 0.6) is 17.2 Å². The highest BCUT2D eigenvalue weighted by molar-refractivity contribution is 6.02. The van der Waals surface area contributed by atoms with Gasteiger partial charge in [-0.15, -0.1) is 0 Å². The second-order valence-corrected chi connectivity index (χ2v) is 5.33. The van der Waals surface area contributed by atoms with Crippen molar-refractivity contribution in [2.75, 3.05) is 14.2 Å². The van der Waals surface area contributed by atoms with Gasteiger partial charge in [0.25, 0.3) is 5.91 Å². The molecule has 2 aromatic carbocycles. The molecule has 0 atom stereocenters. The third kappa shape index (κ3) is 5.40. The van der Waals surface area contributed by atoms with Crippen molar-refractivity contribution in [3.05, 3.63) is 53.6 Å². The molecule has 0 aliphatic carbocycles. The molecule has 0 unspecified atom stereocenters. The van der Waals surface area contributed by atoms with E-state index in [0.29, 0.717) is 34.8 Å². The molecule has 6 nitrogen and oxygen atoms in total. The van der Waals surface area contributed by atoms with Crippen LogP contribution in [0.4, 0.5) is 8.78 Å². The quantitative estimate of drug-likeness (QED) is 0.560. The van der Waals surface area contributed by atoms with Crippen molar-refractivity contribution in [2.45, 2.75) is 20.0 Å². The van der Waals surface area contributed by atoms with Crippen LogP contribution in [0.15, 0.2) is 47.6 Å². The molecule has 2 aromatic rings. The van der Waals surface area contributed by atoms with Gasteiger partial charge in [-0.3, -0.25) is 4.79 Å². The highest BCUT2D eigenvalue weighted by Gasteiger charge is 2.11. The van der Waals surface area contributed by atoms with E-state index in [9.17, 15) is 13.6 Å². The fourth-order valence-electron chi connectivity index (χ4n) is 2.34. The molecule has 0 radical (unpaired) electrons. The summed E-state index contributed by atoms with van der Waals surface area (Å²) in [7, 11) is 2.99. The number of alkyl halides is 2. The van der Waals surface area contributed by atoms with Gasteiger partial charge in [0.2, 0.25) is 0 Å². The maximum Gasteiger partial charge on any atom is 0.387 e. The first-order valence-corrected chi connectivity index (χ1v) is 8.12. The van der Waals surface area contributed by atoms with Crippen molar-refractivity contribution in [3.63, 3.8) is 0 Å². The minimum atomic E-state index is -2.88. The van der Waals surface area contributed by atoms with Gasteiger partial charge in [0.05, 0.1) is 19.9 Å². The summed E-state index contributed by atoms with van der Waals surface area (Å²) < 4.78 is 39.0. The Morgan fingerprint density at radius 3 is 2.22 bits per heavy atom. The SMILES string of the molecule is CC/C(=N\NC(=O)c1ccc(OC)c(OC)c1)c1ccc(OC(F)F)cc1. The van der Waals surface area contributed by atoms with Crippen LogP contribution in [-0.4, -0.2) is 32.4 Å². The summed E-state index contributed by atoms with van der Waals surface area (Å²) in [5, 5.41) is 4.13. The number of carbonyl (C=O) groups is 1. The maximum absolute atomic E-state index is 12.3. The predicted octanol–water partition coefficient (Wildman–Crippen LogP) is 3.85. The van der Waals surface area contributed by atoms with Gasteiger partial charge in [0, 0.05) is 5.56 Å². The van der Waals surface area contributed by atoms with Crippen LogP contribution in [0.3, 0.4) is 0 Å². The standard InChI is InChI=1S/C19H20F2N2O4/c1-4-15(12-5-8-14(9-6-12)27-19(20)21)22-23-18(24)13-7-10-16(25-2)17(11-13)26-3/h5-11,19H,4H2,1-3H3,(H,23,24)/b22-15+. The number of amides is 1. The molecule has 1 amide bonds. The smallest absolute Gasteiger partial charge is 0.387 e. The Morgan fingerprint density at radius 1 is 1.04 bits per heavy atom. The van der Waals surface area contributed by atoms with Crippen molar-refractivity contribution in [2.24, 2.45) is 5.10 Å². The third-order valence-corrected chi connectivity index (χ3v) is 3.69. The minimum Gasteiger partial charge on any atom is -0.493 e. The summed E-state index contributed by atoms with van der Waals surface area (Å²) in [5.41, 5.74) is 4.12. The Bertz CT molecular complexity index is 808. The van der Waals surface area contributed by atoms with E-state index in [1.165, 1.54) is 26.4 Å². The lowest BCUT2D eigenvalue weighted by atomic mass is 10.1. The average Bonchev–Trinajstić information content (AvgIpc) is 2.68. The Kier molecular flexibility index (Phi) is 7.10. The predicted molar refractivity (Wildman–Crippen MR) is 96.9 cm³/mol. The molecule has 27 heavy (non-hydrogen) atoms. The van der Waals surface area contributed by atoms with Gasteiger partial charge in [-0.2, -0.15) is 13.9 Å². The molecule has 0 saturated carbocycles. The van der Waals surface area contributed by atoms with Crippen LogP contribution in [0.25, 0.3) is 0 Å². The molecule has 0 fully saturated rings. The lowest BCUT2D eigenvalue weighted by Gasteiger charge is -2.10. The third-order valence-electron chi connectivity index (χ3n) is 3.69. The topological polar surface area (TPSA) is 69.2 Å². The van der Waals surface area contributed by atoms with E-state index < -0.39 is 12.5 Å². The first kappa shape index (κ1) is 20.2. The lowest BCUT2D eigenvalue weighted by molar-refractivity contribution is -0.0498. The molecular weight excluding hydrogens is 358 g/mol. The van der Waals surface area contributed by atoms with E-state index in [4.69, 9.17) is 9.47 Å². The summed E-state index contributed by atoms with van der Waals surface area (Å²) in [6, 6.07) is 10.8. The largest absolute Gasteiger partial charge is 0.493 e. The summed E-state index contributed by atoms with van der Waals surface area (Å²) >= 11 is 0. The molecule has 0 spiro atoms. The summed E-state index contributed by atoms with van der Waals surface area (Å²) in [5.74, 6) is 0.579. The van der Waals surface area contributed by atoms with Gasteiger partial charge in [-0.25, -0.2) is 5.43 Å². The summed E-state index contributed by atoms with van der Waals surface area (Å²) in [6.07, 6.45) is 0.529. The molecule has 1 N–H and O–H groups in total. The van der Waals surface area contributed by atoms with Gasteiger partial charge in [-0.05, 0) is 54.4 Å². The van der Waals surface area contributed by atoms with Crippen LogP contribution in [0.1, 0.15) is 29.3 Å². The highest BCUT2D eigenvalue weighted by Crippen LogP contribution is 2.27. The number of hydrogen-bond donors (Lipinski definition) is 1. The molecule has 0 heterocycles. The van der Waals surface area contributed by atoms with Gasteiger partial charge >= 0.3 is 6.61 Å². The Hall–Kier alpha value is -3.16. The second kappa shape index (κ2) is 9.51. The zero-order valence-electron chi connectivity index (χ0n) is 15.2. The minimum absolute atomic E-state index is 0.0542. The summed E-state index contributed by atoms with van der Waals surface area (Å²) in [4.78, 5) is 12.3. The normalized spacial score (nSPS) is 11.3. The zero-order chi connectivity index (χ0) is 19.8. The number of rotatable bonds is 8. The number of nitrogens with one attached hydrogen (secondary N) is 1. The Balaban J connectivity index is 2.13. The van der Waals surface area contributed by atoms with Gasteiger partial charge in [0.15, 0.2) is 11.5 Å². The Morgan fingerprint density at radius 2 is 1.67 bits per heavy atom. The number of hydrogen-bond acceptors (Lipinski definition) is 5. The van der Waals surface area contributed by atoms with E-state index in [1.807, 2.05) is 6.92 Å². The molecule has 0 saturated heterocycles. The van der Waals surface area contributed by atoms with Gasteiger partial charge in [-0.1, -0.05) is 6.92 Å². The van der Waals surface area contributed by atoms with E-state index in [0.717, 1.165) is 0 Å². The molecule has 0 aromatic heterocycles. The molecule has 8 heteroatoms. The van der Waals surface area contributed by atoms with Gasteiger partial charge < -0.3 is 14.2 Å². The number of halogens is 2. The fourth-order valence-corrected chi connectivity index (χ4v) is 2.34. The lowest BCUT2D eigenvalue weighted by Crippen LogP contribution is -2.20. The number of methoxy groups -OCH3 is 2. The van der Waals surface area contributed by atoms with Crippen molar-refractivity contribution < 1.29 is 27.8 Å². The van der Waals surface area contributed by atoms with E-state index in [2.05, 4.69) is 15.3 Å². The monoisotopic (exact) mass is 378 g/mol. The molecule has 144 valence electrons. The van der Waals surface area contributed by atoms with Crippen molar-refractivity contribution >= 4 is 11.6 Å². The van der Waals surface area contributed by atoms with Crippen molar-refractivity contribution in [3.8, 4) is 17.2 Å². The van der Waals surface area contributed by atoms with Crippen molar-refractivity contribution in [1.82, 2.24) is 5.43 Å². The number of nitrogens with zero attached hydrogens (tertiary/aromatic N) is 1. The Labute approximate surface area is 155 Å². The van der Waals surface area contributed by atoms with Crippen LogP contribution >= 0.6 is 0 Å². The van der Waals surface area contributed by atoms with Crippen LogP contribution in [0, 0.1) is 0 Å². The van der Waals surface area contributed by atoms with Crippen LogP contribution in [-0.2, 0) is 0 Å². The molecule has 0 aliphatic rings.